The normalized spacial score (nSPS) is 11.1. The summed E-state index contributed by atoms with van der Waals surface area (Å²) < 4.78 is 5.42. The van der Waals surface area contributed by atoms with Crippen molar-refractivity contribution in [1.82, 2.24) is 10.2 Å². The quantitative estimate of drug-likeness (QED) is 0.472. The molecule has 0 aromatic heterocycles. The lowest BCUT2D eigenvalue weighted by Crippen LogP contribution is -2.23. The van der Waals surface area contributed by atoms with Crippen LogP contribution in [0.4, 0.5) is 0 Å². The first-order chi connectivity index (χ1) is 8.61. The highest BCUT2D eigenvalue weighted by Gasteiger charge is 2.04. The highest BCUT2D eigenvalue weighted by molar-refractivity contribution is 5.44. The van der Waals surface area contributed by atoms with Crippen molar-refractivity contribution in [3.63, 3.8) is 0 Å². The van der Waals surface area contributed by atoms with E-state index in [1.165, 1.54) is 6.07 Å². The molecule has 0 aliphatic heterocycles. The van der Waals surface area contributed by atoms with Crippen LogP contribution in [0.3, 0.4) is 0 Å². The van der Waals surface area contributed by atoms with E-state index in [2.05, 4.69) is 10.2 Å². The van der Waals surface area contributed by atoms with Crippen molar-refractivity contribution in [2.24, 2.45) is 0 Å². The Morgan fingerprint density at radius 3 is 2.72 bits per heavy atom. The summed E-state index contributed by atoms with van der Waals surface area (Å²) in [4.78, 5) is 2.07. The first-order valence-corrected chi connectivity index (χ1v) is 6.04. The highest BCUT2D eigenvalue weighted by atomic mass is 16.5. The maximum Gasteiger partial charge on any atom is 0.161 e. The fourth-order valence-electron chi connectivity index (χ4n) is 1.44. The Morgan fingerprint density at radius 1 is 1.22 bits per heavy atom. The molecular weight excluding hydrogens is 232 g/mol. The Bertz CT molecular complexity index is 356. The van der Waals surface area contributed by atoms with Crippen LogP contribution in [0.25, 0.3) is 0 Å². The summed E-state index contributed by atoms with van der Waals surface area (Å²) in [6.07, 6.45) is 0. The predicted octanol–water partition coefficient (Wildman–Crippen LogP) is 0.766. The van der Waals surface area contributed by atoms with Gasteiger partial charge in [-0.2, -0.15) is 0 Å². The Hall–Kier alpha value is -1.30. The zero-order valence-corrected chi connectivity index (χ0v) is 11.0. The maximum absolute atomic E-state index is 9.57. The van der Waals surface area contributed by atoms with Crippen LogP contribution in [0.5, 0.6) is 11.5 Å². The van der Waals surface area contributed by atoms with Crippen LogP contribution in [0.2, 0.25) is 0 Å². The molecule has 0 spiro atoms. The molecule has 1 rings (SSSR count). The SMILES string of the molecule is CN(C)CCOCCNCc1cccc(O)c1O. The van der Waals surface area contributed by atoms with Crippen LogP contribution in [-0.2, 0) is 11.3 Å². The van der Waals surface area contributed by atoms with Gasteiger partial charge < -0.3 is 25.2 Å². The Morgan fingerprint density at radius 2 is 2.00 bits per heavy atom. The minimum atomic E-state index is -0.0865. The molecule has 1 aromatic carbocycles. The van der Waals surface area contributed by atoms with E-state index in [1.807, 2.05) is 14.1 Å². The van der Waals surface area contributed by atoms with Gasteiger partial charge in [-0.15, -0.1) is 0 Å². The van der Waals surface area contributed by atoms with Gasteiger partial charge in [0.05, 0.1) is 13.2 Å². The third kappa shape index (κ3) is 5.35. The van der Waals surface area contributed by atoms with Gasteiger partial charge >= 0.3 is 0 Å². The second kappa shape index (κ2) is 7.92. The molecule has 0 unspecified atom stereocenters. The van der Waals surface area contributed by atoms with Crippen molar-refractivity contribution in [1.29, 1.82) is 0 Å². The summed E-state index contributed by atoms with van der Waals surface area (Å²) >= 11 is 0. The minimum absolute atomic E-state index is 0.0569. The molecule has 0 heterocycles. The summed E-state index contributed by atoms with van der Waals surface area (Å²) in [5.41, 5.74) is 0.684. The van der Waals surface area contributed by atoms with Crippen molar-refractivity contribution < 1.29 is 14.9 Å². The maximum atomic E-state index is 9.57. The molecule has 5 heteroatoms. The molecule has 3 N–H and O–H groups in total. The van der Waals surface area contributed by atoms with Crippen LogP contribution in [0.15, 0.2) is 18.2 Å². The van der Waals surface area contributed by atoms with Crippen molar-refractivity contribution in [2.75, 3.05) is 40.4 Å². The van der Waals surface area contributed by atoms with Crippen LogP contribution >= 0.6 is 0 Å². The lowest BCUT2D eigenvalue weighted by Gasteiger charge is -2.10. The second-order valence-corrected chi connectivity index (χ2v) is 4.38. The number of rotatable bonds is 8. The van der Waals surface area contributed by atoms with E-state index in [4.69, 9.17) is 4.74 Å². The molecule has 0 bridgehead atoms. The molecule has 1 aromatic rings. The van der Waals surface area contributed by atoms with E-state index >= 15 is 0 Å². The lowest BCUT2D eigenvalue weighted by molar-refractivity contribution is 0.119. The first-order valence-electron chi connectivity index (χ1n) is 6.04. The zero-order chi connectivity index (χ0) is 13.4. The molecule has 0 amide bonds. The van der Waals surface area contributed by atoms with E-state index in [0.29, 0.717) is 31.9 Å². The largest absolute Gasteiger partial charge is 0.504 e. The molecule has 5 nitrogen and oxygen atoms in total. The van der Waals surface area contributed by atoms with Gasteiger partial charge in [0.1, 0.15) is 0 Å². The van der Waals surface area contributed by atoms with Gasteiger partial charge in [0.15, 0.2) is 11.5 Å². The Kier molecular flexibility index (Phi) is 6.49. The highest BCUT2D eigenvalue weighted by Crippen LogP contribution is 2.27. The van der Waals surface area contributed by atoms with Gasteiger partial charge in [0.25, 0.3) is 0 Å². The van der Waals surface area contributed by atoms with Gasteiger partial charge in [0.2, 0.25) is 0 Å². The van der Waals surface area contributed by atoms with Crippen LogP contribution in [0, 0.1) is 0 Å². The number of benzene rings is 1. The monoisotopic (exact) mass is 254 g/mol. The number of phenols is 2. The smallest absolute Gasteiger partial charge is 0.161 e. The van der Waals surface area contributed by atoms with Crippen molar-refractivity contribution in [3.8, 4) is 11.5 Å². The molecule has 102 valence electrons. The molecule has 0 aliphatic carbocycles. The fourth-order valence-corrected chi connectivity index (χ4v) is 1.44. The minimum Gasteiger partial charge on any atom is -0.504 e. The van der Waals surface area contributed by atoms with Crippen molar-refractivity contribution in [2.45, 2.75) is 6.54 Å². The number of nitrogens with zero attached hydrogens (tertiary/aromatic N) is 1. The Labute approximate surface area is 108 Å². The van der Waals surface area contributed by atoms with E-state index in [-0.39, 0.29) is 11.5 Å². The molecule has 0 saturated carbocycles. The van der Waals surface area contributed by atoms with Crippen molar-refractivity contribution >= 4 is 0 Å². The number of likely N-dealkylation sites (N-methyl/N-ethyl adjacent to an activating group) is 1. The average Bonchev–Trinajstić information content (AvgIpc) is 2.32. The molecule has 0 radical (unpaired) electrons. The lowest BCUT2D eigenvalue weighted by atomic mass is 10.2. The summed E-state index contributed by atoms with van der Waals surface area (Å²) in [6, 6.07) is 4.94. The average molecular weight is 254 g/mol. The third-order valence-corrected chi connectivity index (χ3v) is 2.52. The third-order valence-electron chi connectivity index (χ3n) is 2.52. The van der Waals surface area contributed by atoms with Crippen LogP contribution < -0.4 is 5.32 Å². The van der Waals surface area contributed by atoms with E-state index in [1.54, 1.807) is 12.1 Å². The second-order valence-electron chi connectivity index (χ2n) is 4.38. The molecular formula is C13H22N2O3. The molecule has 18 heavy (non-hydrogen) atoms. The van der Waals surface area contributed by atoms with Gasteiger partial charge in [-0.05, 0) is 20.2 Å². The summed E-state index contributed by atoms with van der Waals surface area (Å²) in [6.45, 7) is 3.48. The summed E-state index contributed by atoms with van der Waals surface area (Å²) in [5.74, 6) is -0.143. The van der Waals surface area contributed by atoms with Crippen LogP contribution in [0.1, 0.15) is 5.56 Å². The fraction of sp³-hybridized carbons (Fsp3) is 0.538. The van der Waals surface area contributed by atoms with E-state index < -0.39 is 0 Å². The topological polar surface area (TPSA) is 65.0 Å². The first kappa shape index (κ1) is 14.8. The van der Waals surface area contributed by atoms with Crippen LogP contribution in [-0.4, -0.2) is 55.5 Å². The molecule has 0 saturated heterocycles. The predicted molar refractivity (Wildman–Crippen MR) is 70.9 cm³/mol. The zero-order valence-electron chi connectivity index (χ0n) is 11.0. The molecule has 0 aliphatic rings. The van der Waals surface area contributed by atoms with Gasteiger partial charge in [-0.25, -0.2) is 0 Å². The summed E-state index contributed by atoms with van der Waals surface area (Å²) in [5, 5.41) is 22.0. The number of ether oxygens (including phenoxy) is 1. The number of phenolic OH excluding ortho intramolecular Hbond substituents is 2. The van der Waals surface area contributed by atoms with Gasteiger partial charge in [-0.3, -0.25) is 0 Å². The number of nitrogens with one attached hydrogen (secondary N) is 1. The van der Waals surface area contributed by atoms with Gasteiger partial charge in [0, 0.05) is 25.2 Å². The van der Waals surface area contributed by atoms with E-state index in [9.17, 15) is 10.2 Å². The molecule has 0 atom stereocenters. The number of hydrogen-bond donors (Lipinski definition) is 3. The number of hydrogen-bond acceptors (Lipinski definition) is 5. The number of aromatic hydroxyl groups is 2. The van der Waals surface area contributed by atoms with Crippen molar-refractivity contribution in [3.05, 3.63) is 23.8 Å². The van der Waals surface area contributed by atoms with E-state index in [0.717, 1.165) is 6.54 Å². The number of para-hydroxylation sites is 1. The summed E-state index contributed by atoms with van der Waals surface area (Å²) in [7, 11) is 4.01. The standard InChI is InChI=1S/C13H22N2O3/c1-15(2)7-9-18-8-6-14-10-11-4-3-5-12(16)13(11)17/h3-5,14,16-17H,6-10H2,1-2H3. The Balaban J connectivity index is 2.13. The molecule has 0 fully saturated rings. The van der Waals surface area contributed by atoms with Gasteiger partial charge in [-0.1, -0.05) is 12.1 Å².